The van der Waals surface area contributed by atoms with Crippen LogP contribution in [0, 0.1) is 11.8 Å². The Morgan fingerprint density at radius 1 is 0.696 bits per heavy atom. The van der Waals surface area contributed by atoms with Crippen LogP contribution in [0.3, 0.4) is 0 Å². The number of imidazole rings is 2. The van der Waals surface area contributed by atoms with E-state index in [2.05, 4.69) is 62.0 Å². The van der Waals surface area contributed by atoms with Crippen molar-refractivity contribution < 1.29 is 28.7 Å². The number of ether oxygens (including phenoxy) is 2. The summed E-state index contributed by atoms with van der Waals surface area (Å²) in [6.07, 6.45) is 5.70. The number of hydrogen-bond donors (Lipinski definition) is 4. The number of benzene rings is 1. The number of aromatic amines is 2. The monoisotopic (exact) mass is 800 g/mol. The number of amides is 4. The van der Waals surface area contributed by atoms with E-state index < -0.39 is 24.3 Å². The van der Waals surface area contributed by atoms with Crippen LogP contribution in [0.1, 0.15) is 77.1 Å². The average molecular weight is 801 g/mol. The fraction of sp³-hybridized carbons (Fsp3) is 0.450. The summed E-state index contributed by atoms with van der Waals surface area (Å²) in [4.78, 5) is 73.2. The molecule has 1 aromatic carbocycles. The van der Waals surface area contributed by atoms with Crippen molar-refractivity contribution in [1.82, 2.24) is 40.4 Å². The van der Waals surface area contributed by atoms with Crippen LogP contribution in [0.4, 0.5) is 9.59 Å². The lowest BCUT2D eigenvalue weighted by molar-refractivity contribution is -0.136. The highest BCUT2D eigenvalue weighted by atomic mass is 32.1. The van der Waals surface area contributed by atoms with Crippen molar-refractivity contribution >= 4 is 56.1 Å². The molecule has 4 N–H and O–H groups in total. The Balaban J connectivity index is 1.02. The number of nitrogens with one attached hydrogen (secondary N) is 4. The second kappa shape index (κ2) is 16.5. The highest BCUT2D eigenvalue weighted by Gasteiger charge is 2.39. The maximum atomic E-state index is 13.6. The fourth-order valence-corrected chi connectivity index (χ4v) is 9.96. The van der Waals surface area contributed by atoms with Gasteiger partial charge in [-0.2, -0.15) is 0 Å². The van der Waals surface area contributed by atoms with Crippen LogP contribution in [0.2, 0.25) is 0 Å². The van der Waals surface area contributed by atoms with Gasteiger partial charge in [0.15, 0.2) is 0 Å². The van der Waals surface area contributed by atoms with E-state index in [0.717, 1.165) is 64.7 Å². The molecule has 0 spiro atoms. The van der Waals surface area contributed by atoms with Crippen LogP contribution in [-0.4, -0.2) is 93.1 Å². The van der Waals surface area contributed by atoms with Gasteiger partial charge in [0.05, 0.1) is 55.0 Å². The number of thiophene rings is 2. The van der Waals surface area contributed by atoms with Crippen LogP contribution in [0.25, 0.3) is 41.7 Å². The minimum absolute atomic E-state index is 0.0990. The number of aromatic nitrogens is 4. The van der Waals surface area contributed by atoms with Gasteiger partial charge in [-0.15, -0.1) is 22.7 Å². The summed E-state index contributed by atoms with van der Waals surface area (Å²) >= 11 is 3.44. The molecule has 296 valence electrons. The molecule has 5 aromatic rings. The zero-order valence-electron chi connectivity index (χ0n) is 32.4. The van der Waals surface area contributed by atoms with Crippen LogP contribution in [-0.2, 0) is 19.1 Å². The molecule has 4 amide bonds. The van der Waals surface area contributed by atoms with Crippen LogP contribution in [0.15, 0.2) is 48.8 Å². The summed E-state index contributed by atoms with van der Waals surface area (Å²) in [6, 6.07) is 11.0. The minimum atomic E-state index is -0.683. The van der Waals surface area contributed by atoms with Crippen LogP contribution >= 0.6 is 22.7 Å². The SMILES string of the molecule is COC(=O)NC(C(=O)N1CCCC1c1ncc(-c2cc3sc(-c4ccc(-c5cnc(C6CCCN6C(=O)[C@@H](NC(=O)OC)C(C)C)[nH]5)cc4)cc3s2)[nH]1)C(C)C. The van der Waals surface area contributed by atoms with E-state index in [4.69, 9.17) is 14.5 Å². The van der Waals surface area contributed by atoms with E-state index in [1.807, 2.05) is 49.9 Å². The lowest BCUT2D eigenvalue weighted by Gasteiger charge is -2.30. The van der Waals surface area contributed by atoms with E-state index in [-0.39, 0.29) is 35.7 Å². The highest BCUT2D eigenvalue weighted by molar-refractivity contribution is 7.31. The number of hydrogen-bond acceptors (Lipinski definition) is 10. The van der Waals surface area contributed by atoms with Gasteiger partial charge < -0.3 is 39.9 Å². The standard InChI is InChI=1S/C40H48N8O6S2/c1-21(2)33(45-39(51)53-5)37(49)47-15-7-9-27(47)35-41-19-25(43-35)23-11-13-24(14-12-23)29-17-31-32(55-29)18-30(56-31)26-20-42-36(44-26)28-10-8-16-48(28)38(50)34(22(3)4)46-40(52)54-6/h11-14,17-22,27-28,33-34H,7-10,15-16H2,1-6H3,(H,41,43)(H,42,44)(H,45,51)(H,46,52)/t27?,28?,33-,34?/m0/s1. The number of likely N-dealkylation sites (tertiary alicyclic amines) is 2. The maximum absolute atomic E-state index is 13.6. The third kappa shape index (κ3) is 7.89. The number of fused-ring (bicyclic) bond motifs is 1. The van der Waals surface area contributed by atoms with E-state index in [0.29, 0.717) is 13.1 Å². The summed E-state index contributed by atoms with van der Waals surface area (Å²) in [5, 5.41) is 5.40. The molecule has 3 unspecified atom stereocenters. The fourth-order valence-electron chi connectivity index (χ4n) is 7.59. The Morgan fingerprint density at radius 2 is 1.14 bits per heavy atom. The van der Waals surface area contributed by atoms with Crippen molar-refractivity contribution in [2.24, 2.45) is 11.8 Å². The second-order valence-electron chi connectivity index (χ2n) is 15.0. The number of H-pyrrole nitrogens is 2. The first-order chi connectivity index (χ1) is 26.9. The van der Waals surface area contributed by atoms with Gasteiger partial charge in [-0.1, -0.05) is 52.0 Å². The molecule has 14 nitrogen and oxygen atoms in total. The van der Waals surface area contributed by atoms with Crippen molar-refractivity contribution in [2.75, 3.05) is 27.3 Å². The second-order valence-corrected chi connectivity index (χ2v) is 17.2. The minimum Gasteiger partial charge on any atom is -0.453 e. The number of alkyl carbamates (subject to hydrolysis) is 2. The predicted molar refractivity (Wildman–Crippen MR) is 216 cm³/mol. The van der Waals surface area contributed by atoms with Gasteiger partial charge in [0.1, 0.15) is 23.7 Å². The molecule has 2 aliphatic rings. The smallest absolute Gasteiger partial charge is 0.407 e. The van der Waals surface area contributed by atoms with Gasteiger partial charge in [-0.05, 0) is 60.8 Å². The molecule has 0 bridgehead atoms. The first-order valence-corrected chi connectivity index (χ1v) is 20.6. The number of nitrogens with zero attached hydrogens (tertiary/aromatic N) is 4. The Kier molecular flexibility index (Phi) is 11.5. The van der Waals surface area contributed by atoms with Gasteiger partial charge >= 0.3 is 12.2 Å². The number of carbonyl (C=O) groups is 4. The third-order valence-corrected chi connectivity index (χ3v) is 13.0. The van der Waals surface area contributed by atoms with E-state index in [9.17, 15) is 19.2 Å². The first kappa shape index (κ1) is 39.0. The molecule has 4 atom stereocenters. The van der Waals surface area contributed by atoms with Gasteiger partial charge in [-0.25, -0.2) is 19.6 Å². The summed E-state index contributed by atoms with van der Waals surface area (Å²) in [7, 11) is 2.59. The van der Waals surface area contributed by atoms with Crippen LogP contribution in [0.5, 0.6) is 0 Å². The molecule has 0 aliphatic carbocycles. The van der Waals surface area contributed by atoms with Gasteiger partial charge in [0.25, 0.3) is 0 Å². The molecule has 2 saturated heterocycles. The largest absolute Gasteiger partial charge is 0.453 e. The average Bonchev–Trinajstić information content (AvgIpc) is 4.04. The first-order valence-electron chi connectivity index (χ1n) is 19.0. The Hall–Kier alpha value is -5.22. The highest BCUT2D eigenvalue weighted by Crippen LogP contribution is 2.42. The quantitative estimate of drug-likeness (QED) is 0.106. The zero-order valence-corrected chi connectivity index (χ0v) is 34.0. The predicted octanol–water partition coefficient (Wildman–Crippen LogP) is 7.50. The van der Waals surface area contributed by atoms with Crippen molar-refractivity contribution in [2.45, 2.75) is 77.5 Å². The van der Waals surface area contributed by atoms with Gasteiger partial charge in [-0.3, -0.25) is 9.59 Å². The lowest BCUT2D eigenvalue weighted by Crippen LogP contribution is -2.51. The van der Waals surface area contributed by atoms with Crippen molar-refractivity contribution in [3.8, 4) is 32.3 Å². The molecule has 56 heavy (non-hydrogen) atoms. The maximum Gasteiger partial charge on any atom is 0.407 e. The molecule has 7 rings (SSSR count). The number of methoxy groups -OCH3 is 2. The summed E-state index contributed by atoms with van der Waals surface area (Å²) in [5.41, 5.74) is 3.89. The van der Waals surface area contributed by atoms with Gasteiger partial charge in [0, 0.05) is 27.4 Å². The summed E-state index contributed by atoms with van der Waals surface area (Å²) in [5.74, 6) is 1.01. The van der Waals surface area contributed by atoms with Crippen molar-refractivity contribution in [3.63, 3.8) is 0 Å². The lowest BCUT2D eigenvalue weighted by atomic mass is 10.0. The van der Waals surface area contributed by atoms with E-state index >= 15 is 0 Å². The molecule has 4 aromatic heterocycles. The normalized spacial score (nSPS) is 18.1. The Morgan fingerprint density at radius 3 is 1.64 bits per heavy atom. The van der Waals surface area contributed by atoms with Gasteiger partial charge in [0.2, 0.25) is 11.8 Å². The van der Waals surface area contributed by atoms with E-state index in [1.54, 1.807) is 22.7 Å². The Labute approximate surface area is 333 Å². The number of carbonyl (C=O) groups excluding carboxylic acids is 4. The Bertz CT molecular complexity index is 2170. The van der Waals surface area contributed by atoms with Crippen LogP contribution < -0.4 is 10.6 Å². The zero-order chi connectivity index (χ0) is 39.7. The molecule has 2 fully saturated rings. The van der Waals surface area contributed by atoms with Crippen molar-refractivity contribution in [1.29, 1.82) is 0 Å². The summed E-state index contributed by atoms with van der Waals surface area (Å²) < 4.78 is 11.9. The van der Waals surface area contributed by atoms with Crippen molar-refractivity contribution in [3.05, 3.63) is 60.4 Å². The third-order valence-electron chi connectivity index (χ3n) is 10.6. The summed E-state index contributed by atoms with van der Waals surface area (Å²) in [6.45, 7) is 8.82. The molecular weight excluding hydrogens is 753 g/mol. The molecule has 0 saturated carbocycles. The molecule has 0 radical (unpaired) electrons. The van der Waals surface area contributed by atoms with E-state index in [1.165, 1.54) is 28.5 Å². The molecule has 2 aliphatic heterocycles. The molecule has 6 heterocycles. The topological polar surface area (TPSA) is 175 Å². The molecular formula is C40H48N8O6S2. The molecule has 16 heteroatoms. The number of rotatable bonds is 11.